The number of nitrogens with two attached hydrogens (primary N) is 1. The second kappa shape index (κ2) is 5.17. The van der Waals surface area contributed by atoms with Crippen molar-refractivity contribution in [3.8, 4) is 5.75 Å². The third-order valence-electron chi connectivity index (χ3n) is 2.86. The van der Waals surface area contributed by atoms with E-state index in [0.29, 0.717) is 5.75 Å². The van der Waals surface area contributed by atoms with Crippen molar-refractivity contribution in [1.82, 2.24) is 5.32 Å². The quantitative estimate of drug-likeness (QED) is 0.689. The molecule has 0 heterocycles. The van der Waals surface area contributed by atoms with E-state index in [1.54, 1.807) is 6.92 Å². The van der Waals surface area contributed by atoms with Crippen molar-refractivity contribution in [1.29, 1.82) is 0 Å². The van der Waals surface area contributed by atoms with Crippen LogP contribution < -0.4 is 15.8 Å². The lowest BCUT2D eigenvalue weighted by molar-refractivity contribution is -0.127. The number of hydrogen-bond donors (Lipinski definition) is 3. The Bertz CT molecular complexity index is 511. The maximum atomic E-state index is 11.7. The lowest BCUT2D eigenvalue weighted by Gasteiger charge is -2.15. The molecule has 1 atom stereocenters. The fourth-order valence-electron chi connectivity index (χ4n) is 1.61. The first kappa shape index (κ1) is 13.2. The Kier molecular flexibility index (Phi) is 3.59. The van der Waals surface area contributed by atoms with E-state index in [2.05, 4.69) is 5.32 Å². The van der Waals surface area contributed by atoms with E-state index < -0.39 is 12.1 Å². The highest BCUT2D eigenvalue weighted by Crippen LogP contribution is 2.22. The van der Waals surface area contributed by atoms with Crippen LogP contribution in [0.5, 0.6) is 5.75 Å². The zero-order valence-corrected chi connectivity index (χ0v) is 10.6. The summed E-state index contributed by atoms with van der Waals surface area (Å²) in [5, 5.41) is 11.7. The normalized spacial score (nSPS) is 15.6. The number of amides is 1. The molecule has 2 rings (SSSR count). The molecule has 19 heavy (non-hydrogen) atoms. The maximum absolute atomic E-state index is 11.7. The Morgan fingerprint density at radius 3 is 2.68 bits per heavy atom. The molecule has 1 saturated carbocycles. The lowest BCUT2D eigenvalue weighted by Crippen LogP contribution is -2.37. The third kappa shape index (κ3) is 3.37. The number of nitrogen functional groups attached to an aromatic ring is 1. The molecule has 4 N–H and O–H groups in total. The van der Waals surface area contributed by atoms with E-state index in [9.17, 15) is 9.59 Å². The fourth-order valence-corrected chi connectivity index (χ4v) is 1.61. The zero-order valence-electron chi connectivity index (χ0n) is 10.6. The van der Waals surface area contributed by atoms with Crippen LogP contribution in [-0.4, -0.2) is 29.1 Å². The molecule has 0 bridgehead atoms. The molecule has 1 aromatic carbocycles. The molecule has 102 valence electrons. The number of carbonyl (C=O) groups is 2. The fraction of sp³-hybridized carbons (Fsp3) is 0.385. The number of carboxylic acid groups (broad SMARTS) is 1. The van der Waals surface area contributed by atoms with Crippen molar-refractivity contribution in [2.45, 2.75) is 31.9 Å². The smallest absolute Gasteiger partial charge is 0.337 e. The van der Waals surface area contributed by atoms with Gasteiger partial charge in [-0.2, -0.15) is 0 Å². The van der Waals surface area contributed by atoms with E-state index in [4.69, 9.17) is 15.6 Å². The lowest BCUT2D eigenvalue weighted by atomic mass is 10.2. The SMILES string of the molecule is CC(Oc1ccc(C(=O)O)c(N)c1)C(=O)NC1CC1. The predicted octanol–water partition coefficient (Wildman–Crippen LogP) is 1.01. The maximum Gasteiger partial charge on any atom is 0.337 e. The number of carboxylic acids is 1. The minimum absolute atomic E-state index is 0.0161. The molecule has 0 radical (unpaired) electrons. The van der Waals surface area contributed by atoms with Crippen LogP contribution in [0.4, 0.5) is 5.69 Å². The van der Waals surface area contributed by atoms with E-state index in [-0.39, 0.29) is 23.2 Å². The van der Waals surface area contributed by atoms with Crippen LogP contribution in [0.15, 0.2) is 18.2 Å². The Labute approximate surface area is 110 Å². The van der Waals surface area contributed by atoms with E-state index in [1.165, 1.54) is 18.2 Å². The van der Waals surface area contributed by atoms with Crippen LogP contribution in [-0.2, 0) is 4.79 Å². The van der Waals surface area contributed by atoms with Gasteiger partial charge < -0.3 is 20.9 Å². The minimum Gasteiger partial charge on any atom is -0.481 e. The molecular formula is C13H16N2O4. The van der Waals surface area contributed by atoms with Gasteiger partial charge in [0.2, 0.25) is 0 Å². The Morgan fingerprint density at radius 1 is 1.47 bits per heavy atom. The second-order valence-electron chi connectivity index (χ2n) is 4.60. The topological polar surface area (TPSA) is 102 Å². The standard InChI is InChI=1S/C13H16N2O4/c1-7(12(16)15-8-2-3-8)19-9-4-5-10(13(17)18)11(14)6-9/h4-8H,2-3,14H2,1H3,(H,15,16)(H,17,18). The van der Waals surface area contributed by atoms with Crippen LogP contribution >= 0.6 is 0 Å². The molecule has 6 heteroatoms. The van der Waals surface area contributed by atoms with Gasteiger partial charge in [-0.05, 0) is 31.9 Å². The van der Waals surface area contributed by atoms with Crippen molar-refractivity contribution in [2.24, 2.45) is 0 Å². The number of rotatable bonds is 5. The summed E-state index contributed by atoms with van der Waals surface area (Å²) in [6, 6.07) is 4.53. The summed E-state index contributed by atoms with van der Waals surface area (Å²) >= 11 is 0. The predicted molar refractivity (Wildman–Crippen MR) is 69.1 cm³/mol. The van der Waals surface area contributed by atoms with Gasteiger partial charge in [0, 0.05) is 17.8 Å². The number of aromatic carboxylic acids is 1. The van der Waals surface area contributed by atoms with Gasteiger partial charge in [0.1, 0.15) is 5.75 Å². The molecule has 0 spiro atoms. The van der Waals surface area contributed by atoms with Crippen LogP contribution in [0.3, 0.4) is 0 Å². The second-order valence-corrected chi connectivity index (χ2v) is 4.60. The average molecular weight is 264 g/mol. The molecule has 1 aliphatic rings. The summed E-state index contributed by atoms with van der Waals surface area (Å²) in [6.07, 6.45) is 1.38. The molecule has 1 fully saturated rings. The van der Waals surface area contributed by atoms with Gasteiger partial charge in [0.15, 0.2) is 6.10 Å². The summed E-state index contributed by atoms with van der Waals surface area (Å²) in [7, 11) is 0. The van der Waals surface area contributed by atoms with Crippen molar-refractivity contribution in [3.05, 3.63) is 23.8 Å². The van der Waals surface area contributed by atoms with Gasteiger partial charge in [0.25, 0.3) is 5.91 Å². The summed E-state index contributed by atoms with van der Waals surface area (Å²) in [5.74, 6) is -0.895. The largest absolute Gasteiger partial charge is 0.481 e. The van der Waals surface area contributed by atoms with Gasteiger partial charge in [-0.1, -0.05) is 0 Å². The summed E-state index contributed by atoms with van der Waals surface area (Å²) < 4.78 is 5.44. The Morgan fingerprint density at radius 2 is 2.16 bits per heavy atom. The van der Waals surface area contributed by atoms with Gasteiger partial charge >= 0.3 is 5.97 Å². The van der Waals surface area contributed by atoms with Crippen molar-refractivity contribution < 1.29 is 19.4 Å². The third-order valence-corrected chi connectivity index (χ3v) is 2.86. The van der Waals surface area contributed by atoms with Crippen LogP contribution in [0.1, 0.15) is 30.1 Å². The van der Waals surface area contributed by atoms with Crippen LogP contribution in [0, 0.1) is 0 Å². The Hall–Kier alpha value is -2.24. The molecule has 6 nitrogen and oxygen atoms in total. The van der Waals surface area contributed by atoms with Crippen molar-refractivity contribution in [3.63, 3.8) is 0 Å². The monoisotopic (exact) mass is 264 g/mol. The first-order valence-corrected chi connectivity index (χ1v) is 6.07. The number of hydrogen-bond acceptors (Lipinski definition) is 4. The zero-order chi connectivity index (χ0) is 14.0. The van der Waals surface area contributed by atoms with E-state index in [1.807, 2.05) is 0 Å². The number of carbonyl (C=O) groups excluding carboxylic acids is 1. The van der Waals surface area contributed by atoms with Gasteiger partial charge in [0.05, 0.1) is 5.56 Å². The first-order valence-electron chi connectivity index (χ1n) is 6.07. The number of anilines is 1. The van der Waals surface area contributed by atoms with E-state index in [0.717, 1.165) is 12.8 Å². The minimum atomic E-state index is -1.09. The van der Waals surface area contributed by atoms with Crippen molar-refractivity contribution >= 4 is 17.6 Å². The Balaban J connectivity index is 1.99. The highest BCUT2D eigenvalue weighted by molar-refractivity contribution is 5.93. The van der Waals surface area contributed by atoms with Crippen LogP contribution in [0.2, 0.25) is 0 Å². The molecule has 1 aliphatic carbocycles. The highest BCUT2D eigenvalue weighted by atomic mass is 16.5. The molecule has 0 aliphatic heterocycles. The molecule has 0 aromatic heterocycles. The summed E-state index contributed by atoms with van der Waals surface area (Å²) in [5.41, 5.74) is 5.73. The first-order chi connectivity index (χ1) is 8.97. The average Bonchev–Trinajstić information content (AvgIpc) is 3.12. The number of ether oxygens (including phenoxy) is 1. The molecular weight excluding hydrogens is 248 g/mol. The molecule has 0 saturated heterocycles. The van der Waals surface area contributed by atoms with Gasteiger partial charge in [-0.25, -0.2) is 4.79 Å². The molecule has 1 aromatic rings. The van der Waals surface area contributed by atoms with Crippen molar-refractivity contribution in [2.75, 3.05) is 5.73 Å². The van der Waals surface area contributed by atoms with Gasteiger partial charge in [-0.15, -0.1) is 0 Å². The number of nitrogens with one attached hydrogen (secondary N) is 1. The summed E-state index contributed by atoms with van der Waals surface area (Å²) in [4.78, 5) is 22.5. The summed E-state index contributed by atoms with van der Waals surface area (Å²) in [6.45, 7) is 1.64. The molecule has 1 amide bonds. The van der Waals surface area contributed by atoms with Crippen LogP contribution in [0.25, 0.3) is 0 Å². The van der Waals surface area contributed by atoms with Gasteiger partial charge in [-0.3, -0.25) is 4.79 Å². The highest BCUT2D eigenvalue weighted by Gasteiger charge is 2.26. The van der Waals surface area contributed by atoms with E-state index >= 15 is 0 Å². The molecule has 1 unspecified atom stereocenters. The number of benzene rings is 1.